The van der Waals surface area contributed by atoms with Crippen LogP contribution in [0.4, 0.5) is 5.95 Å². The van der Waals surface area contributed by atoms with Crippen molar-refractivity contribution in [2.75, 3.05) is 31.1 Å². The van der Waals surface area contributed by atoms with E-state index in [1.807, 2.05) is 17.0 Å². The Morgan fingerprint density at radius 1 is 0.960 bits per heavy atom. The lowest BCUT2D eigenvalue weighted by molar-refractivity contribution is 0.0956. The standard InChI is InChI=1S/C19H18N4O2/c24-17(14-6-2-1-3-7-14)23-18(25)15-8-4-5-9-16(15)21-19(23)22-12-10-20-11-13-22/h1-9,20H,10-13H2. The van der Waals surface area contributed by atoms with Crippen molar-refractivity contribution in [2.45, 2.75) is 0 Å². The lowest BCUT2D eigenvalue weighted by atomic mass is 10.2. The molecule has 0 unspecified atom stereocenters. The second kappa shape index (κ2) is 6.49. The van der Waals surface area contributed by atoms with Gasteiger partial charge in [-0.2, -0.15) is 0 Å². The Morgan fingerprint density at radius 2 is 1.64 bits per heavy atom. The van der Waals surface area contributed by atoms with Crippen LogP contribution in [0.15, 0.2) is 59.4 Å². The van der Waals surface area contributed by atoms with Crippen LogP contribution in [0.3, 0.4) is 0 Å². The number of hydrogen-bond donors (Lipinski definition) is 1. The van der Waals surface area contributed by atoms with Gasteiger partial charge in [0.25, 0.3) is 11.5 Å². The van der Waals surface area contributed by atoms with Gasteiger partial charge in [-0.05, 0) is 24.3 Å². The van der Waals surface area contributed by atoms with E-state index in [2.05, 4.69) is 10.3 Å². The number of rotatable bonds is 2. The summed E-state index contributed by atoms with van der Waals surface area (Å²) in [7, 11) is 0. The van der Waals surface area contributed by atoms with Crippen LogP contribution in [-0.4, -0.2) is 41.6 Å². The number of fused-ring (bicyclic) bond motifs is 1. The summed E-state index contributed by atoms with van der Waals surface area (Å²) in [5, 5.41) is 3.72. The molecule has 2 aromatic carbocycles. The van der Waals surface area contributed by atoms with E-state index in [1.165, 1.54) is 4.57 Å². The molecule has 0 radical (unpaired) electrons. The van der Waals surface area contributed by atoms with Crippen LogP contribution < -0.4 is 15.8 Å². The van der Waals surface area contributed by atoms with Gasteiger partial charge in [0.15, 0.2) is 0 Å². The van der Waals surface area contributed by atoms with Gasteiger partial charge in [0.1, 0.15) is 0 Å². The van der Waals surface area contributed by atoms with Crippen molar-refractivity contribution in [1.29, 1.82) is 0 Å². The molecule has 1 aliphatic rings. The van der Waals surface area contributed by atoms with E-state index in [0.29, 0.717) is 35.5 Å². The van der Waals surface area contributed by atoms with Gasteiger partial charge in [-0.15, -0.1) is 0 Å². The zero-order valence-corrected chi connectivity index (χ0v) is 13.7. The fourth-order valence-corrected chi connectivity index (χ4v) is 3.09. The molecule has 0 aliphatic carbocycles. The summed E-state index contributed by atoms with van der Waals surface area (Å²) >= 11 is 0. The molecule has 1 N–H and O–H groups in total. The summed E-state index contributed by atoms with van der Waals surface area (Å²) in [6.07, 6.45) is 0. The minimum Gasteiger partial charge on any atom is -0.339 e. The molecule has 0 saturated carbocycles. The van der Waals surface area contributed by atoms with Gasteiger partial charge in [-0.3, -0.25) is 9.59 Å². The third kappa shape index (κ3) is 2.81. The summed E-state index contributed by atoms with van der Waals surface area (Å²) in [6.45, 7) is 2.99. The molecule has 6 heteroatoms. The lowest BCUT2D eigenvalue weighted by Gasteiger charge is -2.29. The van der Waals surface area contributed by atoms with Gasteiger partial charge in [-0.25, -0.2) is 9.55 Å². The Kier molecular flexibility index (Phi) is 4.03. The molecule has 0 spiro atoms. The van der Waals surface area contributed by atoms with E-state index < -0.39 is 0 Å². The molecular weight excluding hydrogens is 316 g/mol. The smallest absolute Gasteiger partial charge is 0.269 e. The molecule has 2 heterocycles. The first-order valence-electron chi connectivity index (χ1n) is 8.33. The van der Waals surface area contributed by atoms with Crippen LogP contribution in [0.1, 0.15) is 10.4 Å². The number of nitrogens with one attached hydrogen (secondary N) is 1. The second-order valence-electron chi connectivity index (χ2n) is 5.98. The number of nitrogens with zero attached hydrogens (tertiary/aromatic N) is 3. The molecule has 0 amide bonds. The minimum atomic E-state index is -0.350. The molecule has 1 aromatic heterocycles. The highest BCUT2D eigenvalue weighted by Gasteiger charge is 2.23. The fourth-order valence-electron chi connectivity index (χ4n) is 3.09. The van der Waals surface area contributed by atoms with E-state index in [-0.39, 0.29) is 11.5 Å². The highest BCUT2D eigenvalue weighted by molar-refractivity contribution is 5.99. The molecular formula is C19H18N4O2. The van der Waals surface area contributed by atoms with Gasteiger partial charge < -0.3 is 10.2 Å². The van der Waals surface area contributed by atoms with E-state index in [9.17, 15) is 9.59 Å². The highest BCUT2D eigenvalue weighted by Crippen LogP contribution is 2.17. The second-order valence-corrected chi connectivity index (χ2v) is 5.98. The van der Waals surface area contributed by atoms with Crippen molar-refractivity contribution in [3.63, 3.8) is 0 Å². The van der Waals surface area contributed by atoms with E-state index in [1.54, 1.807) is 42.5 Å². The predicted molar refractivity (Wildman–Crippen MR) is 97.3 cm³/mol. The number of benzene rings is 2. The maximum Gasteiger partial charge on any atom is 0.269 e. The highest BCUT2D eigenvalue weighted by atomic mass is 16.2. The van der Waals surface area contributed by atoms with Gasteiger partial charge in [0, 0.05) is 31.7 Å². The van der Waals surface area contributed by atoms with E-state index >= 15 is 0 Å². The van der Waals surface area contributed by atoms with Crippen LogP contribution >= 0.6 is 0 Å². The number of carbonyl (C=O) groups excluding carboxylic acids is 1. The van der Waals surface area contributed by atoms with Crippen LogP contribution in [0.2, 0.25) is 0 Å². The van der Waals surface area contributed by atoms with Gasteiger partial charge in [0.2, 0.25) is 5.95 Å². The monoisotopic (exact) mass is 334 g/mol. The van der Waals surface area contributed by atoms with Crippen LogP contribution in [0, 0.1) is 0 Å². The average Bonchev–Trinajstić information content (AvgIpc) is 2.69. The van der Waals surface area contributed by atoms with Crippen LogP contribution in [-0.2, 0) is 0 Å². The molecule has 1 aliphatic heterocycles. The number of hydrogen-bond acceptors (Lipinski definition) is 5. The quantitative estimate of drug-likeness (QED) is 0.769. The molecule has 1 saturated heterocycles. The lowest BCUT2D eigenvalue weighted by Crippen LogP contribution is -2.47. The van der Waals surface area contributed by atoms with Gasteiger partial charge in [0.05, 0.1) is 10.9 Å². The fraction of sp³-hybridized carbons (Fsp3) is 0.211. The summed E-state index contributed by atoms with van der Waals surface area (Å²) < 4.78 is 1.21. The minimum absolute atomic E-state index is 0.326. The summed E-state index contributed by atoms with van der Waals surface area (Å²) in [5.41, 5.74) is 0.754. The van der Waals surface area contributed by atoms with Crippen LogP contribution in [0.25, 0.3) is 10.9 Å². The molecule has 6 nitrogen and oxygen atoms in total. The molecule has 126 valence electrons. The van der Waals surface area contributed by atoms with Gasteiger partial charge in [-0.1, -0.05) is 30.3 Å². The van der Waals surface area contributed by atoms with Gasteiger partial charge >= 0.3 is 0 Å². The van der Waals surface area contributed by atoms with Crippen molar-refractivity contribution in [1.82, 2.24) is 14.9 Å². The van der Waals surface area contributed by atoms with Crippen molar-refractivity contribution < 1.29 is 4.79 Å². The number of carbonyl (C=O) groups is 1. The summed E-state index contributed by atoms with van der Waals surface area (Å²) in [6, 6.07) is 16.0. The first-order chi connectivity index (χ1) is 12.3. The topological polar surface area (TPSA) is 67.2 Å². The number of piperazine rings is 1. The maximum absolute atomic E-state index is 13.1. The Labute approximate surface area is 144 Å². The molecule has 3 aromatic rings. The van der Waals surface area contributed by atoms with Crippen molar-refractivity contribution in [3.8, 4) is 0 Å². The largest absolute Gasteiger partial charge is 0.339 e. The van der Waals surface area contributed by atoms with E-state index in [0.717, 1.165) is 13.1 Å². The summed E-state index contributed by atoms with van der Waals surface area (Å²) in [4.78, 5) is 32.8. The summed E-state index contributed by atoms with van der Waals surface area (Å²) in [5.74, 6) is 0.0661. The zero-order valence-electron chi connectivity index (χ0n) is 13.7. The molecule has 4 rings (SSSR count). The van der Waals surface area contributed by atoms with E-state index in [4.69, 9.17) is 0 Å². The maximum atomic E-state index is 13.1. The van der Waals surface area contributed by atoms with Crippen LogP contribution in [0.5, 0.6) is 0 Å². The predicted octanol–water partition coefficient (Wildman–Crippen LogP) is 1.49. The normalized spacial score (nSPS) is 14.6. The first-order valence-corrected chi connectivity index (χ1v) is 8.33. The average molecular weight is 334 g/mol. The molecule has 25 heavy (non-hydrogen) atoms. The van der Waals surface area contributed by atoms with Crippen molar-refractivity contribution >= 4 is 22.8 Å². The first kappa shape index (κ1) is 15.5. The third-order valence-corrected chi connectivity index (χ3v) is 4.38. The Hall–Kier alpha value is -2.99. The molecule has 0 atom stereocenters. The SMILES string of the molecule is O=C(c1ccccc1)n1c(N2CCNCC2)nc2ccccc2c1=O. The third-order valence-electron chi connectivity index (χ3n) is 4.38. The number of aromatic nitrogens is 2. The number of para-hydroxylation sites is 1. The van der Waals surface area contributed by atoms with Crippen molar-refractivity contribution in [2.24, 2.45) is 0 Å². The Morgan fingerprint density at radius 3 is 2.40 bits per heavy atom. The Bertz CT molecular complexity index is 976. The zero-order chi connectivity index (χ0) is 17.2. The molecule has 0 bridgehead atoms. The Balaban J connectivity index is 1.95. The van der Waals surface area contributed by atoms with Crippen molar-refractivity contribution in [3.05, 3.63) is 70.5 Å². The number of anilines is 1. The molecule has 1 fully saturated rings.